The minimum absolute atomic E-state index is 0.143. The van der Waals surface area contributed by atoms with E-state index in [1.54, 1.807) is 12.3 Å². The van der Waals surface area contributed by atoms with Gasteiger partial charge in [0, 0.05) is 19.4 Å². The first-order valence-corrected chi connectivity index (χ1v) is 7.08. The molecule has 1 aliphatic heterocycles. The van der Waals surface area contributed by atoms with E-state index < -0.39 is 17.4 Å². The largest absolute Gasteiger partial charge is 0.494 e. The fourth-order valence-electron chi connectivity index (χ4n) is 2.57. The van der Waals surface area contributed by atoms with Gasteiger partial charge in [0.15, 0.2) is 5.69 Å². The second-order valence-corrected chi connectivity index (χ2v) is 5.48. The molecular weight excluding hydrogens is 288 g/mol. The Kier molecular flexibility index (Phi) is 4.97. The van der Waals surface area contributed by atoms with E-state index in [4.69, 9.17) is 14.6 Å². The van der Waals surface area contributed by atoms with Crippen molar-refractivity contribution < 1.29 is 24.2 Å². The molecule has 0 unspecified atom stereocenters. The lowest BCUT2D eigenvalue weighted by atomic mass is 9.86. The van der Waals surface area contributed by atoms with Gasteiger partial charge in [0.25, 0.3) is 5.91 Å². The molecule has 7 nitrogen and oxygen atoms in total. The predicted molar refractivity (Wildman–Crippen MR) is 78.0 cm³/mol. The molecule has 0 aliphatic carbocycles. The van der Waals surface area contributed by atoms with Crippen molar-refractivity contribution in [2.24, 2.45) is 0 Å². The Hall–Kier alpha value is -2.15. The Morgan fingerprint density at radius 1 is 1.45 bits per heavy atom. The van der Waals surface area contributed by atoms with Crippen LogP contribution in [0, 0.1) is 6.92 Å². The van der Waals surface area contributed by atoms with Gasteiger partial charge >= 0.3 is 5.97 Å². The van der Waals surface area contributed by atoms with E-state index in [2.05, 4.69) is 10.3 Å². The van der Waals surface area contributed by atoms with Crippen molar-refractivity contribution in [3.05, 3.63) is 23.5 Å². The number of carboxylic acid groups (broad SMARTS) is 1. The molecule has 0 spiro atoms. The summed E-state index contributed by atoms with van der Waals surface area (Å²) < 4.78 is 10.5. The normalized spacial score (nSPS) is 16.8. The topological polar surface area (TPSA) is 97.8 Å². The minimum atomic E-state index is -0.953. The number of carboxylic acids is 1. The monoisotopic (exact) mass is 308 g/mol. The van der Waals surface area contributed by atoms with E-state index in [0.717, 1.165) is 5.56 Å². The summed E-state index contributed by atoms with van der Waals surface area (Å²) in [6.45, 7) is 2.69. The number of carbonyl (C=O) groups is 2. The number of aromatic nitrogens is 1. The summed E-state index contributed by atoms with van der Waals surface area (Å²) in [6, 6.07) is 1.72. The number of carbonyl (C=O) groups excluding carboxylic acids is 1. The molecule has 0 saturated carbocycles. The molecule has 0 bridgehead atoms. The Labute approximate surface area is 128 Å². The van der Waals surface area contributed by atoms with Crippen LogP contribution in [0.3, 0.4) is 0 Å². The summed E-state index contributed by atoms with van der Waals surface area (Å²) in [4.78, 5) is 27.7. The fraction of sp³-hybridized carbons (Fsp3) is 0.533. The zero-order valence-corrected chi connectivity index (χ0v) is 12.7. The number of methoxy groups -OCH3 is 1. The molecule has 2 heterocycles. The maximum absolute atomic E-state index is 12.5. The van der Waals surface area contributed by atoms with Crippen molar-refractivity contribution in [2.75, 3.05) is 20.3 Å². The Morgan fingerprint density at radius 3 is 2.73 bits per heavy atom. The summed E-state index contributed by atoms with van der Waals surface area (Å²) >= 11 is 0. The van der Waals surface area contributed by atoms with E-state index in [1.165, 1.54) is 7.11 Å². The highest BCUT2D eigenvalue weighted by Crippen LogP contribution is 2.26. The highest BCUT2D eigenvalue weighted by atomic mass is 16.5. The lowest BCUT2D eigenvalue weighted by molar-refractivity contribution is -0.139. The molecule has 1 aliphatic rings. The molecule has 0 atom stereocenters. The zero-order valence-electron chi connectivity index (χ0n) is 12.7. The van der Waals surface area contributed by atoms with Crippen LogP contribution in [0.1, 0.15) is 35.3 Å². The van der Waals surface area contributed by atoms with Crippen molar-refractivity contribution in [3.8, 4) is 5.75 Å². The van der Waals surface area contributed by atoms with Crippen molar-refractivity contribution in [1.29, 1.82) is 0 Å². The van der Waals surface area contributed by atoms with Crippen LogP contribution >= 0.6 is 0 Å². The number of nitrogens with zero attached hydrogens (tertiary/aromatic N) is 1. The number of aliphatic carboxylic acids is 1. The van der Waals surface area contributed by atoms with Crippen molar-refractivity contribution >= 4 is 11.9 Å². The van der Waals surface area contributed by atoms with Crippen LogP contribution in [0.4, 0.5) is 0 Å². The number of nitrogens with one attached hydrogen (secondary N) is 1. The average Bonchev–Trinajstić information content (AvgIpc) is 2.46. The Morgan fingerprint density at radius 2 is 2.14 bits per heavy atom. The molecule has 1 aromatic heterocycles. The van der Waals surface area contributed by atoms with Crippen LogP contribution in [-0.2, 0) is 9.53 Å². The van der Waals surface area contributed by atoms with Gasteiger partial charge < -0.3 is 19.9 Å². The van der Waals surface area contributed by atoms with Gasteiger partial charge in [-0.1, -0.05) is 0 Å². The van der Waals surface area contributed by atoms with Gasteiger partial charge in [-0.05, 0) is 31.4 Å². The third-order valence-corrected chi connectivity index (χ3v) is 3.74. The average molecular weight is 308 g/mol. The summed E-state index contributed by atoms with van der Waals surface area (Å²) in [5.74, 6) is -1.01. The standard InChI is InChI=1S/C15H20N2O5/c1-10-7-11(21-2)13(16-9-10)14(20)17-15(8-12(18)19)3-5-22-6-4-15/h7,9H,3-6,8H2,1-2H3,(H,17,20)(H,18,19). The van der Waals surface area contributed by atoms with Crippen LogP contribution < -0.4 is 10.1 Å². The molecule has 2 rings (SSSR count). The number of hydrogen-bond donors (Lipinski definition) is 2. The maximum atomic E-state index is 12.5. The molecule has 1 fully saturated rings. The number of ether oxygens (including phenoxy) is 2. The number of hydrogen-bond acceptors (Lipinski definition) is 5. The maximum Gasteiger partial charge on any atom is 0.305 e. The molecule has 22 heavy (non-hydrogen) atoms. The fourth-order valence-corrected chi connectivity index (χ4v) is 2.57. The lowest BCUT2D eigenvalue weighted by Crippen LogP contribution is -2.53. The smallest absolute Gasteiger partial charge is 0.305 e. The van der Waals surface area contributed by atoms with Crippen LogP contribution in [0.15, 0.2) is 12.3 Å². The summed E-state index contributed by atoms with van der Waals surface area (Å²) in [7, 11) is 1.47. The predicted octanol–water partition coefficient (Wildman–Crippen LogP) is 1.15. The SMILES string of the molecule is COc1cc(C)cnc1C(=O)NC1(CC(=O)O)CCOCC1. The van der Waals surface area contributed by atoms with E-state index in [-0.39, 0.29) is 12.1 Å². The van der Waals surface area contributed by atoms with Gasteiger partial charge in [0.1, 0.15) is 5.75 Å². The molecule has 1 amide bonds. The Balaban J connectivity index is 2.22. The quantitative estimate of drug-likeness (QED) is 0.847. The van der Waals surface area contributed by atoms with Gasteiger partial charge in [-0.25, -0.2) is 4.98 Å². The van der Waals surface area contributed by atoms with E-state index in [0.29, 0.717) is 31.8 Å². The summed E-state index contributed by atoms with van der Waals surface area (Å²) in [5.41, 5.74) is 0.225. The van der Waals surface area contributed by atoms with Gasteiger partial charge in [-0.15, -0.1) is 0 Å². The molecule has 7 heteroatoms. The molecule has 0 aromatic carbocycles. The second-order valence-electron chi connectivity index (χ2n) is 5.48. The van der Waals surface area contributed by atoms with Crippen LogP contribution in [-0.4, -0.2) is 47.8 Å². The van der Waals surface area contributed by atoms with Crippen molar-refractivity contribution in [3.63, 3.8) is 0 Å². The third kappa shape index (κ3) is 3.73. The summed E-state index contributed by atoms with van der Waals surface area (Å²) in [5, 5.41) is 12.0. The number of aryl methyl sites for hydroxylation is 1. The van der Waals surface area contributed by atoms with Crippen LogP contribution in [0.2, 0.25) is 0 Å². The highest BCUT2D eigenvalue weighted by Gasteiger charge is 2.37. The van der Waals surface area contributed by atoms with Gasteiger partial charge in [0.2, 0.25) is 0 Å². The van der Waals surface area contributed by atoms with Gasteiger partial charge in [0.05, 0.1) is 19.1 Å². The number of amides is 1. The van der Waals surface area contributed by atoms with Crippen molar-refractivity contribution in [2.45, 2.75) is 31.7 Å². The second kappa shape index (κ2) is 6.74. The van der Waals surface area contributed by atoms with Crippen LogP contribution in [0.5, 0.6) is 5.75 Å². The zero-order chi connectivity index (χ0) is 16.2. The van der Waals surface area contributed by atoms with E-state index in [9.17, 15) is 9.59 Å². The summed E-state index contributed by atoms with van der Waals surface area (Å²) in [6.07, 6.45) is 2.35. The molecule has 120 valence electrons. The number of rotatable bonds is 5. The first-order chi connectivity index (χ1) is 10.5. The van der Waals surface area contributed by atoms with Gasteiger partial charge in [-0.3, -0.25) is 9.59 Å². The van der Waals surface area contributed by atoms with E-state index in [1.807, 2.05) is 6.92 Å². The molecule has 1 saturated heterocycles. The number of pyridine rings is 1. The molecule has 2 N–H and O–H groups in total. The van der Waals surface area contributed by atoms with Crippen LogP contribution in [0.25, 0.3) is 0 Å². The Bertz CT molecular complexity index is 567. The van der Waals surface area contributed by atoms with Crippen molar-refractivity contribution in [1.82, 2.24) is 10.3 Å². The molecule has 1 aromatic rings. The first kappa shape index (κ1) is 16.2. The first-order valence-electron chi connectivity index (χ1n) is 7.08. The van der Waals surface area contributed by atoms with Gasteiger partial charge in [-0.2, -0.15) is 0 Å². The third-order valence-electron chi connectivity index (χ3n) is 3.74. The lowest BCUT2D eigenvalue weighted by Gasteiger charge is -2.36. The molecular formula is C15H20N2O5. The molecule has 0 radical (unpaired) electrons. The highest BCUT2D eigenvalue weighted by molar-refractivity contribution is 5.95. The van der Waals surface area contributed by atoms with E-state index >= 15 is 0 Å². The minimum Gasteiger partial charge on any atom is -0.494 e.